The Labute approximate surface area is 163 Å². The molecule has 7 nitrogen and oxygen atoms in total. The van der Waals surface area contributed by atoms with Gasteiger partial charge in [0.15, 0.2) is 0 Å². The zero-order valence-electron chi connectivity index (χ0n) is 15.7. The summed E-state index contributed by atoms with van der Waals surface area (Å²) < 4.78 is 0. The van der Waals surface area contributed by atoms with Crippen molar-refractivity contribution in [1.82, 2.24) is 25.6 Å². The Morgan fingerprint density at radius 3 is 2.86 bits per heavy atom. The van der Waals surface area contributed by atoms with E-state index in [9.17, 15) is 4.79 Å². The number of hydrogen-bond acceptors (Lipinski definition) is 6. The minimum atomic E-state index is -0.232. The van der Waals surface area contributed by atoms with E-state index < -0.39 is 0 Å². The van der Waals surface area contributed by atoms with Crippen molar-refractivity contribution in [2.75, 3.05) is 12.3 Å². The van der Waals surface area contributed by atoms with Crippen molar-refractivity contribution in [2.45, 2.75) is 26.4 Å². The van der Waals surface area contributed by atoms with Gasteiger partial charge in [-0.15, -0.1) is 0 Å². The number of aryl methyl sites for hydroxylation is 1. The Balaban J connectivity index is 1.61. The number of carbonyl (C=O) groups excluding carboxylic acids is 1. The summed E-state index contributed by atoms with van der Waals surface area (Å²) in [6.45, 7) is 4.14. The lowest BCUT2D eigenvalue weighted by molar-refractivity contribution is 0.0950. The summed E-state index contributed by atoms with van der Waals surface area (Å²) in [6.07, 6.45) is 4.34. The number of rotatable bonds is 4. The van der Waals surface area contributed by atoms with Crippen LogP contribution in [0, 0.1) is 6.92 Å². The number of fused-ring (bicyclic) bond motifs is 1. The summed E-state index contributed by atoms with van der Waals surface area (Å²) >= 11 is 0. The van der Waals surface area contributed by atoms with Crippen molar-refractivity contribution in [3.63, 3.8) is 0 Å². The average Bonchev–Trinajstić information content (AvgIpc) is 2.73. The molecule has 0 saturated heterocycles. The van der Waals surface area contributed by atoms with Crippen LogP contribution in [0.15, 0.2) is 42.7 Å². The second-order valence-electron chi connectivity index (χ2n) is 6.79. The van der Waals surface area contributed by atoms with Crippen molar-refractivity contribution in [2.24, 2.45) is 0 Å². The normalized spacial score (nSPS) is 13.0. The van der Waals surface area contributed by atoms with Gasteiger partial charge < -0.3 is 16.4 Å². The van der Waals surface area contributed by atoms with Crippen LogP contribution in [0.5, 0.6) is 0 Å². The highest BCUT2D eigenvalue weighted by Crippen LogP contribution is 2.23. The van der Waals surface area contributed by atoms with Gasteiger partial charge in [0.05, 0.1) is 11.3 Å². The smallest absolute Gasteiger partial charge is 0.255 e. The van der Waals surface area contributed by atoms with Crippen LogP contribution in [-0.4, -0.2) is 27.4 Å². The van der Waals surface area contributed by atoms with E-state index in [1.165, 1.54) is 17.3 Å². The number of nitrogens with two attached hydrogens (primary N) is 1. The Kier molecular flexibility index (Phi) is 4.99. The summed E-state index contributed by atoms with van der Waals surface area (Å²) in [5, 5.41) is 6.37. The maximum atomic E-state index is 12.9. The fourth-order valence-corrected chi connectivity index (χ4v) is 3.52. The first-order valence-corrected chi connectivity index (χ1v) is 9.26. The highest BCUT2D eigenvalue weighted by atomic mass is 16.1. The molecule has 0 radical (unpaired) electrons. The molecule has 1 aliphatic heterocycles. The van der Waals surface area contributed by atoms with Crippen LogP contribution in [0.3, 0.4) is 0 Å². The molecule has 7 heteroatoms. The lowest BCUT2D eigenvalue weighted by Crippen LogP contribution is -2.29. The van der Waals surface area contributed by atoms with Crippen LogP contribution in [0.1, 0.15) is 32.7 Å². The van der Waals surface area contributed by atoms with E-state index in [2.05, 4.69) is 25.6 Å². The first-order chi connectivity index (χ1) is 13.6. The summed E-state index contributed by atoms with van der Waals surface area (Å²) in [6, 6.07) is 9.50. The van der Waals surface area contributed by atoms with Gasteiger partial charge in [-0.2, -0.15) is 0 Å². The molecule has 4 N–H and O–H groups in total. The molecule has 4 rings (SSSR count). The molecule has 1 aromatic carbocycles. The Hall–Kier alpha value is -3.32. The van der Waals surface area contributed by atoms with E-state index in [1.54, 1.807) is 0 Å². The number of pyridine rings is 1. The molecular weight excluding hydrogens is 352 g/mol. The molecule has 1 amide bonds. The van der Waals surface area contributed by atoms with Crippen LogP contribution in [-0.2, 0) is 19.5 Å². The van der Waals surface area contributed by atoms with Gasteiger partial charge in [0, 0.05) is 36.7 Å². The van der Waals surface area contributed by atoms with Gasteiger partial charge in [-0.25, -0.2) is 9.97 Å². The van der Waals surface area contributed by atoms with Crippen LogP contribution >= 0.6 is 0 Å². The lowest BCUT2D eigenvalue weighted by Gasteiger charge is -2.21. The predicted octanol–water partition coefficient (Wildman–Crippen LogP) is 2.00. The minimum Gasteiger partial charge on any atom is -0.368 e. The van der Waals surface area contributed by atoms with Gasteiger partial charge in [-0.1, -0.05) is 30.3 Å². The van der Waals surface area contributed by atoms with Gasteiger partial charge in [-0.3, -0.25) is 9.78 Å². The number of aromatic nitrogens is 3. The van der Waals surface area contributed by atoms with E-state index in [0.717, 1.165) is 36.3 Å². The number of nitrogen functional groups attached to an aromatic ring is 1. The van der Waals surface area contributed by atoms with Crippen molar-refractivity contribution < 1.29 is 4.79 Å². The Morgan fingerprint density at radius 1 is 1.21 bits per heavy atom. The second-order valence-corrected chi connectivity index (χ2v) is 6.79. The van der Waals surface area contributed by atoms with E-state index in [4.69, 9.17) is 5.73 Å². The van der Waals surface area contributed by atoms with Gasteiger partial charge in [-0.05, 0) is 36.6 Å². The monoisotopic (exact) mass is 374 g/mol. The number of hydrogen-bond donors (Lipinski definition) is 3. The predicted molar refractivity (Wildman–Crippen MR) is 107 cm³/mol. The molecule has 1 aliphatic rings. The molecule has 0 aliphatic carbocycles. The number of nitrogens with zero attached hydrogens (tertiary/aromatic N) is 3. The highest BCUT2D eigenvalue weighted by molar-refractivity contribution is 5.99. The van der Waals surface area contributed by atoms with E-state index in [1.807, 2.05) is 43.5 Å². The standard InChI is InChI=1S/C21H22N6O/c1-13-17(16-7-8-23-9-15(16)10-24-13)11-25-20(28)18-12-26-21(22)27-19(18)14-5-3-2-4-6-14/h2-6,10,12,23H,7-9,11H2,1H3,(H,25,28)(H2,22,26,27). The highest BCUT2D eigenvalue weighted by Gasteiger charge is 2.19. The van der Waals surface area contributed by atoms with Crippen molar-refractivity contribution >= 4 is 11.9 Å². The van der Waals surface area contributed by atoms with Gasteiger partial charge in [0.25, 0.3) is 5.91 Å². The molecule has 0 atom stereocenters. The first kappa shape index (κ1) is 18.1. The molecule has 28 heavy (non-hydrogen) atoms. The summed E-state index contributed by atoms with van der Waals surface area (Å²) in [5.74, 6) is -0.0927. The third-order valence-electron chi connectivity index (χ3n) is 4.99. The molecule has 0 spiro atoms. The minimum absolute atomic E-state index is 0.139. The third kappa shape index (κ3) is 3.57. The van der Waals surface area contributed by atoms with E-state index >= 15 is 0 Å². The molecule has 2 aromatic heterocycles. The van der Waals surface area contributed by atoms with Crippen molar-refractivity contribution in [3.05, 3.63) is 70.7 Å². The topological polar surface area (TPSA) is 106 Å². The van der Waals surface area contributed by atoms with E-state index in [0.29, 0.717) is 17.8 Å². The molecule has 0 fully saturated rings. The number of anilines is 1. The van der Waals surface area contributed by atoms with Gasteiger partial charge in [0.2, 0.25) is 5.95 Å². The average molecular weight is 374 g/mol. The fraction of sp³-hybridized carbons (Fsp3) is 0.238. The maximum absolute atomic E-state index is 12.9. The zero-order chi connectivity index (χ0) is 19.5. The van der Waals surface area contributed by atoms with Crippen LogP contribution in [0.4, 0.5) is 5.95 Å². The number of nitrogens with one attached hydrogen (secondary N) is 2. The Morgan fingerprint density at radius 2 is 2.04 bits per heavy atom. The summed E-state index contributed by atoms with van der Waals surface area (Å²) in [7, 11) is 0. The van der Waals surface area contributed by atoms with Crippen molar-refractivity contribution in [1.29, 1.82) is 0 Å². The van der Waals surface area contributed by atoms with Crippen LogP contribution in [0.2, 0.25) is 0 Å². The number of carbonyl (C=O) groups is 1. The van der Waals surface area contributed by atoms with Gasteiger partial charge in [0.1, 0.15) is 0 Å². The molecule has 0 bridgehead atoms. The molecule has 142 valence electrons. The number of amides is 1. The molecule has 3 heterocycles. The molecule has 0 saturated carbocycles. The fourth-order valence-electron chi connectivity index (χ4n) is 3.52. The largest absolute Gasteiger partial charge is 0.368 e. The van der Waals surface area contributed by atoms with Crippen LogP contribution < -0.4 is 16.4 Å². The molecule has 0 unspecified atom stereocenters. The summed E-state index contributed by atoms with van der Waals surface area (Å²) in [4.78, 5) is 25.7. The zero-order valence-corrected chi connectivity index (χ0v) is 15.7. The lowest BCUT2D eigenvalue weighted by atomic mass is 9.96. The quantitative estimate of drug-likeness (QED) is 0.645. The SMILES string of the molecule is Cc1ncc2c(c1CNC(=O)c1cnc(N)nc1-c1ccccc1)CCNC2. The molecule has 3 aromatic rings. The second kappa shape index (κ2) is 7.74. The third-order valence-corrected chi connectivity index (χ3v) is 4.99. The summed E-state index contributed by atoms with van der Waals surface area (Å²) in [5.41, 5.74) is 12.0. The van der Waals surface area contributed by atoms with Crippen LogP contribution in [0.25, 0.3) is 11.3 Å². The Bertz CT molecular complexity index is 1020. The molecular formula is C21H22N6O. The maximum Gasteiger partial charge on any atom is 0.255 e. The first-order valence-electron chi connectivity index (χ1n) is 9.26. The van der Waals surface area contributed by atoms with Crippen molar-refractivity contribution in [3.8, 4) is 11.3 Å². The van der Waals surface area contributed by atoms with Gasteiger partial charge >= 0.3 is 0 Å². The number of benzene rings is 1. The van der Waals surface area contributed by atoms with E-state index in [-0.39, 0.29) is 11.9 Å².